The van der Waals surface area contributed by atoms with Gasteiger partial charge in [-0.05, 0) is 67.4 Å². The fraction of sp³-hybridized carbons (Fsp3) is 0.480. The van der Waals surface area contributed by atoms with E-state index in [9.17, 15) is 4.79 Å². The number of nitrogens with zero attached hydrogens (tertiary/aromatic N) is 3. The molecule has 1 atom stereocenters. The van der Waals surface area contributed by atoms with Crippen molar-refractivity contribution in [1.29, 1.82) is 0 Å². The van der Waals surface area contributed by atoms with Gasteiger partial charge in [0.15, 0.2) is 0 Å². The molecule has 1 aliphatic heterocycles. The van der Waals surface area contributed by atoms with Gasteiger partial charge in [-0.3, -0.25) is 9.69 Å². The van der Waals surface area contributed by atoms with Crippen molar-refractivity contribution in [3.8, 4) is 16.5 Å². The van der Waals surface area contributed by atoms with Crippen LogP contribution in [0.4, 0.5) is 0 Å². The number of hydrogen-bond donors (Lipinski definition) is 1. The number of likely N-dealkylation sites (tertiary alicyclic amines) is 1. The molecule has 3 heterocycles. The van der Waals surface area contributed by atoms with Crippen LogP contribution in [0.3, 0.4) is 0 Å². The monoisotopic (exact) mass is 468 g/mol. The van der Waals surface area contributed by atoms with Crippen LogP contribution >= 0.6 is 11.3 Å². The van der Waals surface area contributed by atoms with Crippen LogP contribution in [-0.4, -0.2) is 41.1 Å². The number of hydrogen-bond acceptors (Lipinski definition) is 7. The quantitative estimate of drug-likeness (QED) is 0.480. The second kappa shape index (κ2) is 10.9. The highest BCUT2D eigenvalue weighted by molar-refractivity contribution is 7.13. The van der Waals surface area contributed by atoms with Gasteiger partial charge in [-0.25, -0.2) is 0 Å². The number of benzene rings is 1. The molecule has 1 fully saturated rings. The normalized spacial score (nSPS) is 16.1. The van der Waals surface area contributed by atoms with Gasteiger partial charge in [-0.15, -0.1) is 11.3 Å². The van der Waals surface area contributed by atoms with Gasteiger partial charge in [0.25, 0.3) is 0 Å². The van der Waals surface area contributed by atoms with Crippen molar-refractivity contribution >= 4 is 17.2 Å². The number of carbonyl (C=O) groups excluding carboxylic acids is 1. The van der Waals surface area contributed by atoms with Crippen molar-refractivity contribution in [1.82, 2.24) is 20.4 Å². The summed E-state index contributed by atoms with van der Waals surface area (Å²) < 4.78 is 10.7. The number of methoxy groups -OCH3 is 1. The second-order valence-corrected chi connectivity index (χ2v) is 9.95. The standard InChI is InChI=1S/C25H32N4O3S/c1-17(2)15-21(18-6-8-20(31-3)9-7-18)26-25(30)19-10-12-29(13-11-19)16-23-27-24(28-32-23)22-5-4-14-33-22/h4-9,14,17,19,21H,10-13,15-16H2,1-3H3,(H,26,30). The van der Waals surface area contributed by atoms with Gasteiger partial charge in [-0.2, -0.15) is 4.98 Å². The number of carbonyl (C=O) groups is 1. The van der Waals surface area contributed by atoms with E-state index in [-0.39, 0.29) is 17.9 Å². The summed E-state index contributed by atoms with van der Waals surface area (Å²) >= 11 is 1.60. The van der Waals surface area contributed by atoms with Crippen molar-refractivity contribution in [2.45, 2.75) is 45.7 Å². The Morgan fingerprint density at radius 2 is 2.00 bits per heavy atom. The molecule has 1 aliphatic rings. The van der Waals surface area contributed by atoms with E-state index in [2.05, 4.69) is 34.2 Å². The van der Waals surface area contributed by atoms with Crippen LogP contribution in [0.1, 0.15) is 50.6 Å². The molecule has 0 bridgehead atoms. The first-order valence-electron chi connectivity index (χ1n) is 11.5. The van der Waals surface area contributed by atoms with Crippen molar-refractivity contribution < 1.29 is 14.1 Å². The lowest BCUT2D eigenvalue weighted by molar-refractivity contribution is -0.127. The molecule has 176 valence electrons. The first-order chi connectivity index (χ1) is 16.0. The van der Waals surface area contributed by atoms with Crippen LogP contribution < -0.4 is 10.1 Å². The molecule has 7 nitrogen and oxygen atoms in total. The lowest BCUT2D eigenvalue weighted by Gasteiger charge is -2.31. The fourth-order valence-corrected chi connectivity index (χ4v) is 4.89. The SMILES string of the molecule is COc1ccc(C(CC(C)C)NC(=O)C2CCN(Cc3nc(-c4cccs4)no3)CC2)cc1. The molecule has 33 heavy (non-hydrogen) atoms. The Balaban J connectivity index is 1.30. The number of thiophene rings is 1. The summed E-state index contributed by atoms with van der Waals surface area (Å²) in [6, 6.07) is 12.0. The summed E-state index contributed by atoms with van der Waals surface area (Å²) in [6.07, 6.45) is 2.56. The van der Waals surface area contributed by atoms with E-state index in [1.165, 1.54) is 0 Å². The largest absolute Gasteiger partial charge is 0.497 e. The van der Waals surface area contributed by atoms with Gasteiger partial charge in [0.1, 0.15) is 5.75 Å². The zero-order chi connectivity index (χ0) is 23.2. The third-order valence-electron chi connectivity index (χ3n) is 6.07. The Hall–Kier alpha value is -2.71. The molecule has 1 unspecified atom stereocenters. The van der Waals surface area contributed by atoms with Crippen LogP contribution in [0.5, 0.6) is 5.75 Å². The molecule has 1 aromatic carbocycles. The number of aromatic nitrogens is 2. The number of amides is 1. The number of nitrogens with one attached hydrogen (secondary N) is 1. The number of piperidine rings is 1. The van der Waals surface area contributed by atoms with E-state index < -0.39 is 0 Å². The van der Waals surface area contributed by atoms with E-state index in [0.717, 1.165) is 48.5 Å². The molecular formula is C25H32N4O3S. The molecule has 8 heteroatoms. The Morgan fingerprint density at radius 1 is 1.24 bits per heavy atom. The summed E-state index contributed by atoms with van der Waals surface area (Å²) in [4.78, 5) is 20.9. The average molecular weight is 469 g/mol. The van der Waals surface area contributed by atoms with Crippen molar-refractivity contribution in [2.24, 2.45) is 11.8 Å². The molecule has 0 radical (unpaired) electrons. The van der Waals surface area contributed by atoms with E-state index >= 15 is 0 Å². The van der Waals surface area contributed by atoms with Crippen LogP contribution in [0.15, 0.2) is 46.3 Å². The van der Waals surface area contributed by atoms with Gasteiger partial charge in [0, 0.05) is 5.92 Å². The zero-order valence-corrected chi connectivity index (χ0v) is 20.3. The first kappa shape index (κ1) is 23.4. The molecular weight excluding hydrogens is 436 g/mol. The summed E-state index contributed by atoms with van der Waals surface area (Å²) in [7, 11) is 1.66. The molecule has 2 aromatic heterocycles. The maximum atomic E-state index is 13.1. The van der Waals surface area contributed by atoms with Crippen molar-refractivity contribution in [3.05, 3.63) is 53.2 Å². The molecule has 1 saturated heterocycles. The molecule has 4 rings (SSSR count). The minimum absolute atomic E-state index is 0.00972. The van der Waals surface area contributed by atoms with Gasteiger partial charge >= 0.3 is 0 Å². The maximum Gasteiger partial charge on any atom is 0.241 e. The Kier molecular flexibility index (Phi) is 7.77. The topological polar surface area (TPSA) is 80.5 Å². The highest BCUT2D eigenvalue weighted by atomic mass is 32.1. The number of ether oxygens (including phenoxy) is 1. The zero-order valence-electron chi connectivity index (χ0n) is 19.5. The van der Waals surface area contributed by atoms with Gasteiger partial charge in [-0.1, -0.05) is 37.2 Å². The summed E-state index contributed by atoms with van der Waals surface area (Å²) in [5, 5.41) is 9.41. The molecule has 1 N–H and O–H groups in total. The molecule has 0 saturated carbocycles. The minimum atomic E-state index is 0.00972. The lowest BCUT2D eigenvalue weighted by Crippen LogP contribution is -2.41. The molecule has 1 amide bonds. The Morgan fingerprint density at radius 3 is 2.64 bits per heavy atom. The third-order valence-corrected chi connectivity index (χ3v) is 6.93. The van der Waals surface area contributed by atoms with E-state index in [1.807, 2.05) is 41.8 Å². The van der Waals surface area contributed by atoms with Crippen molar-refractivity contribution in [2.75, 3.05) is 20.2 Å². The van der Waals surface area contributed by atoms with Gasteiger partial charge in [0.05, 0.1) is 24.6 Å². The van der Waals surface area contributed by atoms with E-state index in [0.29, 0.717) is 24.2 Å². The van der Waals surface area contributed by atoms with Crippen LogP contribution in [-0.2, 0) is 11.3 Å². The van der Waals surface area contributed by atoms with Gasteiger partial charge in [0.2, 0.25) is 17.6 Å². The average Bonchev–Trinajstić information content (AvgIpc) is 3.51. The molecule has 0 spiro atoms. The predicted molar refractivity (Wildman–Crippen MR) is 129 cm³/mol. The summed E-state index contributed by atoms with van der Waals surface area (Å²) in [5.74, 6) is 2.74. The Labute approximate surface area is 199 Å². The Bertz CT molecular complexity index is 1010. The maximum absolute atomic E-state index is 13.1. The second-order valence-electron chi connectivity index (χ2n) is 9.00. The summed E-state index contributed by atoms with van der Waals surface area (Å²) in [5.41, 5.74) is 1.12. The van der Waals surface area contributed by atoms with Crippen LogP contribution in [0.2, 0.25) is 0 Å². The first-order valence-corrected chi connectivity index (χ1v) is 12.4. The smallest absolute Gasteiger partial charge is 0.241 e. The highest BCUT2D eigenvalue weighted by Crippen LogP contribution is 2.26. The van der Waals surface area contributed by atoms with Crippen LogP contribution in [0, 0.1) is 11.8 Å². The molecule has 3 aromatic rings. The molecule has 0 aliphatic carbocycles. The minimum Gasteiger partial charge on any atom is -0.497 e. The number of rotatable bonds is 9. The van der Waals surface area contributed by atoms with Crippen LogP contribution in [0.25, 0.3) is 10.7 Å². The lowest BCUT2D eigenvalue weighted by atomic mass is 9.93. The van der Waals surface area contributed by atoms with E-state index in [1.54, 1.807) is 18.4 Å². The summed E-state index contributed by atoms with van der Waals surface area (Å²) in [6.45, 7) is 6.66. The highest BCUT2D eigenvalue weighted by Gasteiger charge is 2.28. The van der Waals surface area contributed by atoms with Gasteiger partial charge < -0.3 is 14.6 Å². The van der Waals surface area contributed by atoms with Crippen molar-refractivity contribution in [3.63, 3.8) is 0 Å². The predicted octanol–water partition coefficient (Wildman–Crippen LogP) is 4.92. The third kappa shape index (κ3) is 6.21. The van der Waals surface area contributed by atoms with E-state index in [4.69, 9.17) is 9.26 Å². The fourth-order valence-electron chi connectivity index (χ4n) is 4.25.